The lowest BCUT2D eigenvalue weighted by Crippen LogP contribution is -2.22. The second-order valence-corrected chi connectivity index (χ2v) is 3.67. The van der Waals surface area contributed by atoms with Gasteiger partial charge in [-0.25, -0.2) is 8.78 Å². The molecule has 0 aliphatic heterocycles. The highest BCUT2D eigenvalue weighted by Gasteiger charge is 2.13. The molecule has 0 bridgehead atoms. The van der Waals surface area contributed by atoms with Crippen LogP contribution in [0.25, 0.3) is 0 Å². The van der Waals surface area contributed by atoms with Gasteiger partial charge in [-0.05, 0) is 26.5 Å². The van der Waals surface area contributed by atoms with Crippen LogP contribution in [0.3, 0.4) is 0 Å². The lowest BCUT2D eigenvalue weighted by Gasteiger charge is -2.17. The fourth-order valence-corrected chi connectivity index (χ4v) is 1.72. The average Bonchev–Trinajstić information content (AvgIpc) is 2.77. The summed E-state index contributed by atoms with van der Waals surface area (Å²) in [6.45, 7) is 2.61. The van der Waals surface area contributed by atoms with Crippen molar-refractivity contribution in [2.75, 3.05) is 20.3 Å². The monoisotopic (exact) mass is 247 g/mol. The van der Waals surface area contributed by atoms with E-state index in [1.165, 1.54) is 0 Å². The van der Waals surface area contributed by atoms with E-state index in [1.54, 1.807) is 6.20 Å². The topological polar surface area (TPSA) is 39.1 Å². The van der Waals surface area contributed by atoms with Crippen molar-refractivity contribution in [2.45, 2.75) is 32.4 Å². The molecule has 0 saturated heterocycles. The van der Waals surface area contributed by atoms with Gasteiger partial charge in [0.1, 0.15) is 6.61 Å². The van der Waals surface area contributed by atoms with Gasteiger partial charge in [0.25, 0.3) is 6.43 Å². The van der Waals surface area contributed by atoms with Crippen LogP contribution < -0.4 is 5.32 Å². The van der Waals surface area contributed by atoms with Crippen LogP contribution in [0.1, 0.15) is 25.1 Å². The first-order valence-corrected chi connectivity index (χ1v) is 5.73. The highest BCUT2D eigenvalue weighted by molar-refractivity contribution is 5.06. The Balaban J connectivity index is 2.43. The number of alkyl halides is 2. The number of halogens is 2. The summed E-state index contributed by atoms with van der Waals surface area (Å²) in [6.07, 6.45) is -0.0119. The van der Waals surface area contributed by atoms with E-state index >= 15 is 0 Å². The molecule has 1 rings (SSSR count). The van der Waals surface area contributed by atoms with Crippen molar-refractivity contribution in [3.05, 3.63) is 18.0 Å². The second-order valence-electron chi connectivity index (χ2n) is 3.67. The quantitative estimate of drug-likeness (QED) is 0.712. The highest BCUT2D eigenvalue weighted by atomic mass is 19.3. The summed E-state index contributed by atoms with van der Waals surface area (Å²) in [5, 5.41) is 7.31. The van der Waals surface area contributed by atoms with Crippen LogP contribution in [-0.2, 0) is 11.3 Å². The molecule has 1 N–H and O–H groups in total. The Morgan fingerprint density at radius 2 is 2.29 bits per heavy atom. The maximum Gasteiger partial charge on any atom is 0.261 e. The van der Waals surface area contributed by atoms with E-state index in [-0.39, 0.29) is 6.04 Å². The molecule has 0 amide bonds. The molecule has 0 saturated carbocycles. The van der Waals surface area contributed by atoms with E-state index in [0.29, 0.717) is 13.0 Å². The zero-order valence-electron chi connectivity index (χ0n) is 10.2. The van der Waals surface area contributed by atoms with Crippen molar-refractivity contribution in [1.82, 2.24) is 15.1 Å². The molecule has 17 heavy (non-hydrogen) atoms. The van der Waals surface area contributed by atoms with Gasteiger partial charge in [-0.3, -0.25) is 4.68 Å². The fraction of sp³-hybridized carbons (Fsp3) is 0.727. The molecule has 1 aromatic heterocycles. The largest absolute Gasteiger partial charge is 0.375 e. The van der Waals surface area contributed by atoms with Gasteiger partial charge in [-0.2, -0.15) is 5.10 Å². The molecule has 0 radical (unpaired) electrons. The number of rotatable bonds is 8. The Kier molecular flexibility index (Phi) is 6.07. The highest BCUT2D eigenvalue weighted by Crippen LogP contribution is 2.16. The third-order valence-corrected chi connectivity index (χ3v) is 2.55. The number of hydrogen-bond donors (Lipinski definition) is 1. The molecule has 1 atom stereocenters. The van der Waals surface area contributed by atoms with Crippen LogP contribution >= 0.6 is 0 Å². The van der Waals surface area contributed by atoms with Gasteiger partial charge in [0.15, 0.2) is 0 Å². The fourth-order valence-electron chi connectivity index (χ4n) is 1.72. The van der Waals surface area contributed by atoms with Gasteiger partial charge in [0.05, 0.1) is 11.7 Å². The van der Waals surface area contributed by atoms with Crippen molar-refractivity contribution in [3.63, 3.8) is 0 Å². The summed E-state index contributed by atoms with van der Waals surface area (Å²) in [6, 6.07) is 2.01. The van der Waals surface area contributed by atoms with Crippen molar-refractivity contribution in [3.8, 4) is 0 Å². The molecular formula is C11H19F2N3O. The minimum atomic E-state index is -2.40. The number of hydrogen-bond acceptors (Lipinski definition) is 3. The molecule has 1 unspecified atom stereocenters. The average molecular weight is 247 g/mol. The summed E-state index contributed by atoms with van der Waals surface area (Å²) in [5.74, 6) is 0. The Bertz CT molecular complexity index is 317. The molecule has 98 valence electrons. The zero-order chi connectivity index (χ0) is 12.7. The number of nitrogens with one attached hydrogen (secondary N) is 1. The van der Waals surface area contributed by atoms with E-state index in [1.807, 2.05) is 24.7 Å². The number of aromatic nitrogens is 2. The lowest BCUT2D eigenvalue weighted by atomic mass is 10.1. The van der Waals surface area contributed by atoms with Crippen LogP contribution in [0.5, 0.6) is 0 Å². The molecule has 0 aliphatic rings. The molecule has 1 aromatic rings. The van der Waals surface area contributed by atoms with Crippen LogP contribution in [0.2, 0.25) is 0 Å². The van der Waals surface area contributed by atoms with Crippen LogP contribution in [0.4, 0.5) is 8.78 Å². The van der Waals surface area contributed by atoms with E-state index in [0.717, 1.165) is 12.2 Å². The number of ether oxygens (including phenoxy) is 1. The van der Waals surface area contributed by atoms with Gasteiger partial charge in [-0.1, -0.05) is 0 Å². The number of aryl methyl sites for hydroxylation is 1. The minimum Gasteiger partial charge on any atom is -0.375 e. The molecule has 0 spiro atoms. The summed E-state index contributed by atoms with van der Waals surface area (Å²) >= 11 is 0. The van der Waals surface area contributed by atoms with E-state index < -0.39 is 13.0 Å². The van der Waals surface area contributed by atoms with Gasteiger partial charge < -0.3 is 10.1 Å². The zero-order valence-corrected chi connectivity index (χ0v) is 10.2. The lowest BCUT2D eigenvalue weighted by molar-refractivity contribution is 0.0143. The molecule has 0 aromatic carbocycles. The molecule has 4 nitrogen and oxygen atoms in total. The van der Waals surface area contributed by atoms with E-state index in [4.69, 9.17) is 4.74 Å². The summed E-state index contributed by atoms with van der Waals surface area (Å²) in [5.41, 5.74) is 1.05. The van der Waals surface area contributed by atoms with E-state index in [2.05, 4.69) is 10.4 Å². The normalized spacial score (nSPS) is 13.2. The SMILES string of the molecule is CCn1nccc1C(CCOCC(F)F)NC. The molecule has 6 heteroatoms. The van der Waals surface area contributed by atoms with Gasteiger partial charge in [0, 0.05) is 19.3 Å². The molecule has 0 aliphatic carbocycles. The minimum absolute atomic E-state index is 0.0788. The van der Waals surface area contributed by atoms with Crippen LogP contribution in [0, 0.1) is 0 Å². The first-order chi connectivity index (χ1) is 8.19. The maximum atomic E-state index is 11.9. The van der Waals surface area contributed by atoms with E-state index in [9.17, 15) is 8.78 Å². The Hall–Kier alpha value is -1.01. The summed E-state index contributed by atoms with van der Waals surface area (Å²) < 4.78 is 30.5. The molecule has 1 heterocycles. The second kappa shape index (κ2) is 7.34. The van der Waals surface area contributed by atoms with Gasteiger partial charge in [-0.15, -0.1) is 0 Å². The standard InChI is InChI=1S/C11H19F2N3O/c1-3-16-10(4-6-15-16)9(14-2)5-7-17-8-11(12)13/h4,6,9,11,14H,3,5,7-8H2,1-2H3. The number of nitrogens with zero attached hydrogens (tertiary/aromatic N) is 2. The van der Waals surface area contributed by atoms with Gasteiger partial charge >= 0.3 is 0 Å². The van der Waals surface area contributed by atoms with Crippen LogP contribution in [-0.4, -0.2) is 36.5 Å². The third-order valence-electron chi connectivity index (χ3n) is 2.55. The predicted octanol–water partition coefficient (Wildman–Crippen LogP) is 1.84. The van der Waals surface area contributed by atoms with Crippen LogP contribution in [0.15, 0.2) is 12.3 Å². The molecule has 0 fully saturated rings. The Morgan fingerprint density at radius 3 is 2.88 bits per heavy atom. The van der Waals surface area contributed by atoms with Crippen molar-refractivity contribution >= 4 is 0 Å². The predicted molar refractivity (Wildman–Crippen MR) is 61.1 cm³/mol. The Labute approximate surface area is 100.0 Å². The maximum absolute atomic E-state index is 11.9. The van der Waals surface area contributed by atoms with Crippen molar-refractivity contribution in [1.29, 1.82) is 0 Å². The van der Waals surface area contributed by atoms with Crippen molar-refractivity contribution < 1.29 is 13.5 Å². The smallest absolute Gasteiger partial charge is 0.261 e. The first kappa shape index (κ1) is 14.1. The summed E-state index contributed by atoms with van der Waals surface area (Å²) in [4.78, 5) is 0. The Morgan fingerprint density at radius 1 is 1.53 bits per heavy atom. The summed E-state index contributed by atoms with van der Waals surface area (Å²) in [7, 11) is 1.84. The van der Waals surface area contributed by atoms with Crippen molar-refractivity contribution in [2.24, 2.45) is 0 Å². The molecular weight excluding hydrogens is 228 g/mol. The first-order valence-electron chi connectivity index (χ1n) is 5.73. The van der Waals surface area contributed by atoms with Gasteiger partial charge in [0.2, 0.25) is 0 Å². The third kappa shape index (κ3) is 4.40.